The molecule has 0 saturated carbocycles. The van der Waals surface area contributed by atoms with Gasteiger partial charge < -0.3 is 4.57 Å². The second-order valence-corrected chi connectivity index (χ2v) is 17.1. The van der Waals surface area contributed by atoms with Crippen molar-refractivity contribution in [1.82, 2.24) is 14.5 Å². The SMILES string of the molecule is CCC1(C(C)CC2C=C(C(C)(C)Cc3cn(C(C)(C)C)c(C(C)(C)C)n3)C(C(C)(C)C)C2)CCN1C(C)C. The van der Waals surface area contributed by atoms with Gasteiger partial charge in [-0.3, -0.25) is 4.90 Å². The second kappa shape index (κ2) is 10.4. The maximum atomic E-state index is 5.28. The molecule has 3 heteroatoms. The lowest BCUT2D eigenvalue weighted by Gasteiger charge is -2.58. The van der Waals surface area contributed by atoms with Crippen molar-refractivity contribution in [2.24, 2.45) is 28.6 Å². The van der Waals surface area contributed by atoms with Gasteiger partial charge in [0.05, 0.1) is 5.69 Å². The third-order valence-electron chi connectivity index (χ3n) is 10.1. The number of hydrogen-bond donors (Lipinski definition) is 0. The standard InChI is InChI=1S/C35H63N3/c1-16-35(17-18-37(35)24(2)3)25(4)19-26-20-28(31(5,6)7)29(21-26)34(14,15)22-27-23-38(33(11,12)13)30(36-27)32(8,9)10/h21,23-26,28H,16-20,22H2,1-15H3. The van der Waals surface area contributed by atoms with Crippen LogP contribution in [0.3, 0.4) is 0 Å². The third kappa shape index (κ3) is 6.13. The molecule has 0 radical (unpaired) electrons. The average Bonchev–Trinajstić information content (AvgIpc) is 3.31. The lowest BCUT2D eigenvalue weighted by Crippen LogP contribution is -2.65. The second-order valence-electron chi connectivity index (χ2n) is 17.1. The normalized spacial score (nSPS) is 26.6. The Labute approximate surface area is 237 Å². The highest BCUT2D eigenvalue weighted by Crippen LogP contribution is 2.53. The lowest BCUT2D eigenvalue weighted by molar-refractivity contribution is -0.0840. The zero-order chi connectivity index (χ0) is 29.1. The molecule has 218 valence electrons. The van der Waals surface area contributed by atoms with Crippen LogP contribution in [0.2, 0.25) is 0 Å². The molecule has 1 fully saturated rings. The highest BCUT2D eigenvalue weighted by molar-refractivity contribution is 5.27. The molecule has 0 spiro atoms. The number of allylic oxidation sites excluding steroid dienone is 2. The summed E-state index contributed by atoms with van der Waals surface area (Å²) in [6.45, 7) is 37.1. The molecule has 1 aliphatic carbocycles. The van der Waals surface area contributed by atoms with Gasteiger partial charge in [-0.05, 0) is 88.9 Å². The van der Waals surface area contributed by atoms with Gasteiger partial charge in [0.1, 0.15) is 5.82 Å². The molecule has 2 aliphatic rings. The van der Waals surface area contributed by atoms with Crippen LogP contribution in [-0.2, 0) is 17.4 Å². The van der Waals surface area contributed by atoms with Crippen molar-refractivity contribution < 1.29 is 0 Å². The first-order valence-electron chi connectivity index (χ1n) is 15.7. The highest BCUT2D eigenvalue weighted by atomic mass is 15.3. The van der Waals surface area contributed by atoms with Gasteiger partial charge in [-0.1, -0.05) is 80.9 Å². The maximum absolute atomic E-state index is 5.28. The Morgan fingerprint density at radius 1 is 0.974 bits per heavy atom. The summed E-state index contributed by atoms with van der Waals surface area (Å²) >= 11 is 0. The Kier molecular flexibility index (Phi) is 8.59. The minimum atomic E-state index is 0.0259. The highest BCUT2D eigenvalue weighted by Gasteiger charge is 2.49. The van der Waals surface area contributed by atoms with Crippen molar-refractivity contribution in [3.63, 3.8) is 0 Å². The van der Waals surface area contributed by atoms with Gasteiger partial charge >= 0.3 is 0 Å². The molecule has 0 amide bonds. The number of aromatic nitrogens is 2. The summed E-state index contributed by atoms with van der Waals surface area (Å²) < 4.78 is 2.43. The summed E-state index contributed by atoms with van der Waals surface area (Å²) in [5.41, 5.74) is 3.74. The van der Waals surface area contributed by atoms with Crippen LogP contribution in [-0.4, -0.2) is 32.6 Å². The van der Waals surface area contributed by atoms with Gasteiger partial charge in [-0.15, -0.1) is 0 Å². The number of rotatable bonds is 8. The van der Waals surface area contributed by atoms with E-state index < -0.39 is 0 Å². The summed E-state index contributed by atoms with van der Waals surface area (Å²) in [6.07, 6.45) is 11.3. The van der Waals surface area contributed by atoms with Gasteiger partial charge in [0.2, 0.25) is 0 Å². The first-order chi connectivity index (χ1) is 17.1. The van der Waals surface area contributed by atoms with Crippen molar-refractivity contribution in [3.8, 4) is 0 Å². The van der Waals surface area contributed by atoms with Crippen molar-refractivity contribution in [2.45, 2.75) is 158 Å². The van der Waals surface area contributed by atoms with Crippen LogP contribution in [0.25, 0.3) is 0 Å². The fraction of sp³-hybridized carbons (Fsp3) is 0.857. The molecule has 1 aromatic rings. The number of nitrogens with zero attached hydrogens (tertiary/aromatic N) is 3. The fourth-order valence-corrected chi connectivity index (χ4v) is 7.89. The molecular weight excluding hydrogens is 462 g/mol. The summed E-state index contributed by atoms with van der Waals surface area (Å²) in [5, 5.41) is 0. The molecule has 38 heavy (non-hydrogen) atoms. The molecule has 3 rings (SSSR count). The molecule has 0 aromatic carbocycles. The van der Waals surface area contributed by atoms with Crippen molar-refractivity contribution >= 4 is 0 Å². The zero-order valence-corrected chi connectivity index (χ0v) is 28.0. The number of hydrogen-bond acceptors (Lipinski definition) is 2. The first-order valence-corrected chi connectivity index (χ1v) is 15.7. The minimum absolute atomic E-state index is 0.0259. The summed E-state index contributed by atoms with van der Waals surface area (Å²) in [4.78, 5) is 8.07. The first kappa shape index (κ1) is 31.4. The molecule has 2 heterocycles. The van der Waals surface area contributed by atoms with Crippen LogP contribution in [0.1, 0.15) is 141 Å². The van der Waals surface area contributed by atoms with Gasteiger partial charge in [0.15, 0.2) is 0 Å². The molecule has 4 unspecified atom stereocenters. The molecule has 1 aliphatic heterocycles. The largest absolute Gasteiger partial charge is 0.329 e. The Balaban J connectivity index is 1.90. The molecule has 1 saturated heterocycles. The topological polar surface area (TPSA) is 21.1 Å². The quantitative estimate of drug-likeness (QED) is 0.315. The minimum Gasteiger partial charge on any atom is -0.329 e. The molecule has 4 atom stereocenters. The van der Waals surface area contributed by atoms with Gasteiger partial charge in [0.25, 0.3) is 0 Å². The molecular formula is C35H63N3. The summed E-state index contributed by atoms with van der Waals surface area (Å²) in [5.74, 6) is 3.24. The Morgan fingerprint density at radius 3 is 1.97 bits per heavy atom. The Bertz CT molecular complexity index is 952. The van der Waals surface area contributed by atoms with E-state index >= 15 is 0 Å². The molecule has 0 N–H and O–H groups in total. The van der Waals surface area contributed by atoms with Gasteiger partial charge in [0, 0.05) is 41.7 Å². The monoisotopic (exact) mass is 526 g/mol. The van der Waals surface area contributed by atoms with E-state index in [1.807, 2.05) is 0 Å². The van der Waals surface area contributed by atoms with Gasteiger partial charge in [-0.2, -0.15) is 0 Å². The van der Waals surface area contributed by atoms with Crippen LogP contribution in [0.4, 0.5) is 0 Å². The molecule has 3 nitrogen and oxygen atoms in total. The van der Waals surface area contributed by atoms with Crippen LogP contribution < -0.4 is 0 Å². The number of likely N-dealkylation sites (tertiary alicyclic amines) is 1. The van der Waals surface area contributed by atoms with E-state index in [9.17, 15) is 0 Å². The Morgan fingerprint density at radius 2 is 1.58 bits per heavy atom. The van der Waals surface area contributed by atoms with E-state index in [4.69, 9.17) is 4.98 Å². The van der Waals surface area contributed by atoms with E-state index in [0.717, 1.165) is 12.3 Å². The van der Waals surface area contributed by atoms with Crippen LogP contribution in [0, 0.1) is 28.6 Å². The van der Waals surface area contributed by atoms with Crippen LogP contribution in [0.15, 0.2) is 17.8 Å². The van der Waals surface area contributed by atoms with E-state index in [1.165, 1.54) is 43.7 Å². The summed E-state index contributed by atoms with van der Waals surface area (Å²) in [6, 6.07) is 0.646. The zero-order valence-electron chi connectivity index (χ0n) is 28.0. The van der Waals surface area contributed by atoms with E-state index in [2.05, 4.69) is 126 Å². The fourth-order valence-electron chi connectivity index (χ4n) is 7.89. The van der Waals surface area contributed by atoms with E-state index in [-0.39, 0.29) is 21.8 Å². The smallest absolute Gasteiger partial charge is 0.114 e. The summed E-state index contributed by atoms with van der Waals surface area (Å²) in [7, 11) is 0. The third-order valence-corrected chi connectivity index (χ3v) is 10.1. The van der Waals surface area contributed by atoms with E-state index in [1.54, 1.807) is 5.57 Å². The predicted octanol–water partition coefficient (Wildman–Crippen LogP) is 9.40. The Hall–Kier alpha value is -1.09. The predicted molar refractivity (Wildman–Crippen MR) is 166 cm³/mol. The van der Waals surface area contributed by atoms with Crippen molar-refractivity contribution in [2.75, 3.05) is 6.54 Å². The molecule has 0 bridgehead atoms. The average molecular weight is 526 g/mol. The van der Waals surface area contributed by atoms with Crippen LogP contribution in [0.5, 0.6) is 0 Å². The number of imidazole rings is 1. The van der Waals surface area contributed by atoms with Crippen molar-refractivity contribution in [3.05, 3.63) is 29.4 Å². The maximum Gasteiger partial charge on any atom is 0.114 e. The van der Waals surface area contributed by atoms with Crippen molar-refractivity contribution in [1.29, 1.82) is 0 Å². The van der Waals surface area contributed by atoms with E-state index in [0.29, 0.717) is 23.4 Å². The molecule has 1 aromatic heterocycles. The van der Waals surface area contributed by atoms with Gasteiger partial charge in [-0.25, -0.2) is 4.98 Å². The lowest BCUT2D eigenvalue weighted by atomic mass is 9.66. The van der Waals surface area contributed by atoms with Crippen LogP contribution >= 0.6 is 0 Å².